The fourth-order valence-corrected chi connectivity index (χ4v) is 2.55. The molecule has 1 aromatic rings. The lowest BCUT2D eigenvalue weighted by atomic mass is 9.88. The SMILES string of the molecule is COC(=O)c1cc(OC2CCC(C#N)CC2)c(F)cc1OC. The Balaban J connectivity index is 2.17. The second-order valence-corrected chi connectivity index (χ2v) is 5.20. The molecular formula is C16H18FNO4. The molecule has 0 amide bonds. The van der Waals surface area contributed by atoms with Crippen LogP contribution in [0.4, 0.5) is 4.39 Å². The molecule has 1 aliphatic rings. The van der Waals surface area contributed by atoms with Crippen molar-refractivity contribution >= 4 is 5.97 Å². The van der Waals surface area contributed by atoms with Crippen molar-refractivity contribution in [3.05, 3.63) is 23.5 Å². The van der Waals surface area contributed by atoms with E-state index in [1.165, 1.54) is 20.3 Å². The van der Waals surface area contributed by atoms with Gasteiger partial charge in [0.25, 0.3) is 0 Å². The van der Waals surface area contributed by atoms with Crippen LogP contribution >= 0.6 is 0 Å². The number of methoxy groups -OCH3 is 2. The van der Waals surface area contributed by atoms with E-state index in [2.05, 4.69) is 10.8 Å². The Kier molecular flexibility index (Phi) is 5.21. The summed E-state index contributed by atoms with van der Waals surface area (Å²) in [7, 11) is 2.60. The highest BCUT2D eigenvalue weighted by Gasteiger charge is 2.24. The first-order chi connectivity index (χ1) is 10.6. The lowest BCUT2D eigenvalue weighted by molar-refractivity contribution is 0.0595. The van der Waals surface area contributed by atoms with E-state index in [1.807, 2.05) is 0 Å². The number of benzene rings is 1. The molecule has 5 nitrogen and oxygen atoms in total. The van der Waals surface area contributed by atoms with Gasteiger partial charge < -0.3 is 14.2 Å². The van der Waals surface area contributed by atoms with Gasteiger partial charge in [-0.15, -0.1) is 0 Å². The van der Waals surface area contributed by atoms with Crippen molar-refractivity contribution in [3.8, 4) is 17.6 Å². The van der Waals surface area contributed by atoms with Crippen LogP contribution in [0.5, 0.6) is 11.5 Å². The van der Waals surface area contributed by atoms with Crippen LogP contribution in [0.3, 0.4) is 0 Å². The number of rotatable bonds is 4. The van der Waals surface area contributed by atoms with Gasteiger partial charge in [0.05, 0.1) is 26.4 Å². The fraction of sp³-hybridized carbons (Fsp3) is 0.500. The summed E-state index contributed by atoms with van der Waals surface area (Å²) in [5.74, 6) is -1.06. The van der Waals surface area contributed by atoms with E-state index < -0.39 is 11.8 Å². The maximum absolute atomic E-state index is 14.1. The van der Waals surface area contributed by atoms with Gasteiger partial charge in [-0.05, 0) is 25.7 Å². The number of hydrogen-bond acceptors (Lipinski definition) is 5. The van der Waals surface area contributed by atoms with Crippen LogP contribution in [0.25, 0.3) is 0 Å². The van der Waals surface area contributed by atoms with Gasteiger partial charge in [-0.3, -0.25) is 0 Å². The predicted octanol–water partition coefficient (Wildman–Crippen LogP) is 3.08. The molecule has 0 radical (unpaired) electrons. The Morgan fingerprint density at radius 2 is 1.91 bits per heavy atom. The first-order valence-electron chi connectivity index (χ1n) is 7.11. The molecule has 0 heterocycles. The molecular weight excluding hydrogens is 289 g/mol. The van der Waals surface area contributed by atoms with Crippen molar-refractivity contribution in [3.63, 3.8) is 0 Å². The van der Waals surface area contributed by atoms with E-state index in [9.17, 15) is 9.18 Å². The second-order valence-electron chi connectivity index (χ2n) is 5.20. The number of halogens is 1. The van der Waals surface area contributed by atoms with Crippen LogP contribution in [0.1, 0.15) is 36.0 Å². The zero-order valence-electron chi connectivity index (χ0n) is 12.6. The first kappa shape index (κ1) is 16.1. The maximum atomic E-state index is 14.1. The summed E-state index contributed by atoms with van der Waals surface area (Å²) in [6.07, 6.45) is 2.71. The maximum Gasteiger partial charge on any atom is 0.341 e. The molecule has 0 N–H and O–H groups in total. The standard InChI is InChI=1S/C16H18FNO4/c1-20-14-8-13(17)15(7-12(14)16(19)21-2)22-11-5-3-10(9-18)4-6-11/h7-8,10-11H,3-6H2,1-2H3. The molecule has 6 heteroatoms. The minimum absolute atomic E-state index is 0.00149. The summed E-state index contributed by atoms with van der Waals surface area (Å²) < 4.78 is 29.4. The van der Waals surface area contributed by atoms with E-state index in [-0.39, 0.29) is 29.1 Å². The number of carbonyl (C=O) groups is 1. The summed E-state index contributed by atoms with van der Waals surface area (Å²) in [6.45, 7) is 0. The zero-order chi connectivity index (χ0) is 16.1. The highest BCUT2D eigenvalue weighted by molar-refractivity contribution is 5.93. The zero-order valence-corrected chi connectivity index (χ0v) is 12.6. The van der Waals surface area contributed by atoms with Crippen molar-refractivity contribution in [2.75, 3.05) is 14.2 Å². The molecule has 22 heavy (non-hydrogen) atoms. The number of carbonyl (C=O) groups excluding carboxylic acids is 1. The summed E-state index contributed by atoms with van der Waals surface area (Å²) in [5, 5.41) is 8.88. The Hall–Kier alpha value is -2.29. The fourth-order valence-electron chi connectivity index (χ4n) is 2.55. The van der Waals surface area contributed by atoms with Gasteiger partial charge in [0.2, 0.25) is 0 Å². The van der Waals surface area contributed by atoms with Crippen LogP contribution in [0.15, 0.2) is 12.1 Å². The summed E-state index contributed by atoms with van der Waals surface area (Å²) >= 11 is 0. The molecule has 0 unspecified atom stereocenters. The van der Waals surface area contributed by atoms with Crippen molar-refractivity contribution in [2.45, 2.75) is 31.8 Å². The molecule has 0 saturated heterocycles. The number of nitrogens with zero attached hydrogens (tertiary/aromatic N) is 1. The Labute approximate surface area is 128 Å². The minimum Gasteiger partial charge on any atom is -0.496 e. The monoisotopic (exact) mass is 307 g/mol. The topological polar surface area (TPSA) is 68.5 Å². The van der Waals surface area contributed by atoms with Crippen molar-refractivity contribution in [2.24, 2.45) is 5.92 Å². The van der Waals surface area contributed by atoms with E-state index in [0.29, 0.717) is 12.8 Å². The second kappa shape index (κ2) is 7.12. The third-order valence-electron chi connectivity index (χ3n) is 3.81. The summed E-state index contributed by atoms with van der Waals surface area (Å²) in [6, 6.07) is 4.65. The quantitative estimate of drug-likeness (QED) is 0.800. The number of ether oxygens (including phenoxy) is 3. The van der Waals surface area contributed by atoms with Gasteiger partial charge in [-0.25, -0.2) is 9.18 Å². The molecule has 1 aliphatic carbocycles. The minimum atomic E-state index is -0.616. The molecule has 1 aromatic carbocycles. The number of esters is 1. The normalized spacial score (nSPS) is 20.8. The molecule has 1 fully saturated rings. The van der Waals surface area contributed by atoms with Crippen LogP contribution in [0.2, 0.25) is 0 Å². The largest absolute Gasteiger partial charge is 0.496 e. The van der Waals surface area contributed by atoms with E-state index in [1.54, 1.807) is 0 Å². The average Bonchev–Trinajstić information content (AvgIpc) is 2.56. The van der Waals surface area contributed by atoms with Gasteiger partial charge >= 0.3 is 5.97 Å². The van der Waals surface area contributed by atoms with Crippen LogP contribution in [0, 0.1) is 23.1 Å². The number of hydrogen-bond donors (Lipinski definition) is 0. The average molecular weight is 307 g/mol. The van der Waals surface area contributed by atoms with Crippen LogP contribution in [-0.4, -0.2) is 26.3 Å². The first-order valence-corrected chi connectivity index (χ1v) is 7.11. The highest BCUT2D eigenvalue weighted by atomic mass is 19.1. The van der Waals surface area contributed by atoms with Gasteiger partial charge in [0.15, 0.2) is 11.6 Å². The summed E-state index contributed by atoms with van der Waals surface area (Å²) in [5.41, 5.74) is 0.118. The molecule has 0 spiro atoms. The Morgan fingerprint density at radius 3 is 2.45 bits per heavy atom. The van der Waals surface area contributed by atoms with Gasteiger partial charge in [-0.1, -0.05) is 0 Å². The van der Waals surface area contributed by atoms with Gasteiger partial charge in [0.1, 0.15) is 11.3 Å². The van der Waals surface area contributed by atoms with E-state index in [4.69, 9.17) is 14.7 Å². The lowest BCUT2D eigenvalue weighted by Gasteiger charge is -2.26. The molecule has 2 rings (SSSR count). The van der Waals surface area contributed by atoms with Gasteiger partial charge in [0, 0.05) is 18.1 Å². The molecule has 0 aliphatic heterocycles. The van der Waals surface area contributed by atoms with Crippen molar-refractivity contribution in [1.82, 2.24) is 0 Å². The van der Waals surface area contributed by atoms with E-state index >= 15 is 0 Å². The molecule has 0 aromatic heterocycles. The lowest BCUT2D eigenvalue weighted by Crippen LogP contribution is -2.24. The van der Waals surface area contributed by atoms with E-state index in [0.717, 1.165) is 18.9 Å². The number of nitriles is 1. The van der Waals surface area contributed by atoms with Crippen molar-refractivity contribution in [1.29, 1.82) is 5.26 Å². The molecule has 0 atom stereocenters. The van der Waals surface area contributed by atoms with Crippen molar-refractivity contribution < 1.29 is 23.4 Å². The molecule has 1 saturated carbocycles. The molecule has 118 valence electrons. The van der Waals surface area contributed by atoms with Crippen LogP contribution in [-0.2, 0) is 4.74 Å². The van der Waals surface area contributed by atoms with Gasteiger partial charge in [-0.2, -0.15) is 5.26 Å². The predicted molar refractivity (Wildman–Crippen MR) is 76.3 cm³/mol. The van der Waals surface area contributed by atoms with Crippen LogP contribution < -0.4 is 9.47 Å². The Morgan fingerprint density at radius 1 is 1.23 bits per heavy atom. The third-order valence-corrected chi connectivity index (χ3v) is 3.81. The molecule has 0 bridgehead atoms. The Bertz CT molecular complexity index is 589. The third kappa shape index (κ3) is 3.48. The highest BCUT2D eigenvalue weighted by Crippen LogP contribution is 2.32. The summed E-state index contributed by atoms with van der Waals surface area (Å²) in [4.78, 5) is 11.7. The smallest absolute Gasteiger partial charge is 0.341 e.